The minimum Gasteiger partial charge on any atom is -0.412 e. The van der Waals surface area contributed by atoms with Gasteiger partial charge in [0.15, 0.2) is 0 Å². The number of thiocarbonyl (C=S) groups is 4. The van der Waals surface area contributed by atoms with E-state index in [2.05, 4.69) is 135 Å². The number of hydrogen-bond donors (Lipinski definition) is 4. The molecule has 0 unspecified atom stereocenters. The van der Waals surface area contributed by atoms with E-state index in [0.29, 0.717) is 61.4 Å². The van der Waals surface area contributed by atoms with Crippen LogP contribution in [0.5, 0.6) is 5.75 Å². The first kappa shape index (κ1) is 49.6. The third-order valence-corrected chi connectivity index (χ3v) is 6.56. The summed E-state index contributed by atoms with van der Waals surface area (Å²) in [6, 6.07) is 2.51. The Labute approximate surface area is 329 Å². The van der Waals surface area contributed by atoms with Crippen LogP contribution in [0.25, 0.3) is 0 Å². The Morgan fingerprint density at radius 3 is 1.45 bits per heavy atom. The van der Waals surface area contributed by atoms with Crippen molar-refractivity contribution in [2.75, 3.05) is 26.2 Å². The first-order valence-corrected chi connectivity index (χ1v) is 16.6. The predicted octanol–water partition coefficient (Wildman–Crippen LogP) is 4.35. The molecule has 0 saturated heterocycles. The number of carbonyl (C=O) groups excluding carboxylic acids is 1. The van der Waals surface area contributed by atoms with E-state index in [1.165, 1.54) is 18.2 Å². The van der Waals surface area contributed by atoms with Crippen molar-refractivity contribution in [2.24, 2.45) is 5.92 Å². The number of nitro benzene ring substituents is 2. The second-order valence-corrected chi connectivity index (χ2v) is 14.3. The molecular formula is C26H36MnN6O6S8-2. The van der Waals surface area contributed by atoms with Crippen molar-refractivity contribution in [3.8, 4) is 5.75 Å². The van der Waals surface area contributed by atoms with Crippen LogP contribution in [0.15, 0.2) is 24.3 Å². The second kappa shape index (κ2) is 27.1. The molecular weight excluding hydrogens is 804 g/mol. The molecule has 0 amide bonds. The number of esters is 1. The minimum absolute atomic E-state index is 0. The van der Waals surface area contributed by atoms with Gasteiger partial charge in [-0.25, -0.2) is 4.79 Å². The second-order valence-electron chi connectivity index (χ2n) is 9.95. The third kappa shape index (κ3) is 25.8. The van der Waals surface area contributed by atoms with Crippen molar-refractivity contribution in [2.45, 2.75) is 52.9 Å². The molecule has 1 aromatic carbocycles. The zero-order chi connectivity index (χ0) is 36.0. The molecule has 0 fully saturated rings. The fraction of sp³-hybridized carbons (Fsp3) is 0.500. The summed E-state index contributed by atoms with van der Waals surface area (Å²) in [4.78, 5) is 33.0. The van der Waals surface area contributed by atoms with Crippen LogP contribution in [-0.4, -0.2) is 59.3 Å². The maximum Gasteiger partial charge on any atom is 2.00 e. The minimum atomic E-state index is -0.912. The Hall–Kier alpha value is -1.81. The van der Waals surface area contributed by atoms with Gasteiger partial charge in [-0.2, -0.15) is 0 Å². The number of nitrogens with zero attached hydrogens (tertiary/aromatic N) is 2. The van der Waals surface area contributed by atoms with Crippen LogP contribution in [0.1, 0.15) is 53.0 Å². The number of nitro groups is 2. The van der Waals surface area contributed by atoms with Gasteiger partial charge < -0.3 is 125 Å². The quantitative estimate of drug-likeness (QED) is 0.0241. The smallest absolute Gasteiger partial charge is 0.412 e. The summed E-state index contributed by atoms with van der Waals surface area (Å²) in [7, 11) is 0. The first-order chi connectivity index (χ1) is 21.2. The van der Waals surface area contributed by atoms with E-state index in [-0.39, 0.29) is 17.1 Å². The Bertz CT molecular complexity index is 1170. The average molecular weight is 840 g/mol. The summed E-state index contributed by atoms with van der Waals surface area (Å²) in [5, 5.41) is 34.0. The third-order valence-electron chi connectivity index (χ3n) is 5.40. The topological polar surface area (TPSA) is 161 Å². The molecule has 0 atom stereocenters. The molecule has 1 radical (unpaired) electrons. The fourth-order valence-corrected chi connectivity index (χ4v) is 3.90. The summed E-state index contributed by atoms with van der Waals surface area (Å²) in [5.41, 5.74) is -1.23. The largest absolute Gasteiger partial charge is 2.00 e. The van der Waals surface area contributed by atoms with Gasteiger partial charge in [0, 0.05) is 44.4 Å². The molecule has 12 nitrogen and oxygen atoms in total. The van der Waals surface area contributed by atoms with E-state index in [4.69, 9.17) is 4.74 Å². The molecule has 0 aliphatic carbocycles. The first-order valence-electron chi connectivity index (χ1n) is 13.4. The van der Waals surface area contributed by atoms with Gasteiger partial charge >= 0.3 is 34.4 Å². The van der Waals surface area contributed by atoms with Gasteiger partial charge in [-0.3, -0.25) is 20.2 Å². The van der Waals surface area contributed by atoms with Crippen molar-refractivity contribution in [1.29, 1.82) is 0 Å². The summed E-state index contributed by atoms with van der Waals surface area (Å²) < 4.78 is 6.39. The van der Waals surface area contributed by atoms with Gasteiger partial charge in [-0.1, -0.05) is 57.5 Å². The molecule has 1 aromatic rings. The van der Waals surface area contributed by atoms with Gasteiger partial charge in [-0.15, -0.1) is 0 Å². The van der Waals surface area contributed by atoms with E-state index in [1.54, 1.807) is 6.92 Å². The number of carbonyl (C=O) groups is 1. The molecule has 0 heterocycles. The van der Waals surface area contributed by atoms with E-state index in [9.17, 15) is 25.0 Å². The average Bonchev–Trinajstić information content (AvgIpc) is 2.92. The summed E-state index contributed by atoms with van der Waals surface area (Å²) in [6.07, 6.45) is 3.99. The van der Waals surface area contributed by atoms with Crippen LogP contribution in [0.4, 0.5) is 11.4 Å². The molecule has 21 heteroatoms. The molecule has 0 aromatic heterocycles. The van der Waals surface area contributed by atoms with E-state index in [1.807, 2.05) is 13.8 Å². The summed E-state index contributed by atoms with van der Waals surface area (Å²) in [5.74, 6) is -1.13. The Morgan fingerprint density at radius 2 is 1.19 bits per heavy atom. The van der Waals surface area contributed by atoms with Crippen molar-refractivity contribution in [3.05, 3.63) is 50.1 Å². The number of hydrogen-bond acceptors (Lipinski definition) is 14. The van der Waals surface area contributed by atoms with Crippen LogP contribution in [-0.2, 0) is 77.8 Å². The normalized spacial score (nSPS) is 10.1. The molecule has 263 valence electrons. The molecule has 47 heavy (non-hydrogen) atoms. The molecule has 0 spiro atoms. The maximum absolute atomic E-state index is 11.7. The Morgan fingerprint density at radius 1 is 0.851 bits per heavy atom. The molecule has 0 aliphatic heterocycles. The maximum atomic E-state index is 11.7. The SMILES string of the molecule is CC=CC(=O)Oc1c([N+](=O)[O-])cc(C(C)(C)CCC(C)C)cc1[N+](=O)[O-].S=C([S-])NCCNC(=S)[S-].S=C([S-])NCCNC(=S)[S-].[Mn+2]. The standard InChI is InChI=1S/C18H24N2O6.2C4H8N2S4.Mn/c1-6-7-16(21)26-17-14(19(22)23)10-13(11-15(17)20(24)25)18(4,5)9-8-12(2)3;2*7-3(8)5-1-2-6-4(9)10;/h6-7,10-12H,8-9H2,1-5H3;2*1-2H2,(H2,5,7,8)(H2,6,9,10);/q;;;+2/p-4. The van der Waals surface area contributed by atoms with Gasteiger partial charge in [0.05, 0.1) is 9.85 Å². The van der Waals surface area contributed by atoms with Gasteiger partial charge in [-0.05, 0) is 30.2 Å². The van der Waals surface area contributed by atoms with E-state index < -0.39 is 38.4 Å². The van der Waals surface area contributed by atoms with Crippen molar-refractivity contribution < 1.29 is 36.4 Å². The number of allylic oxidation sites excluding steroid dienone is 1. The number of ether oxygens (including phenoxy) is 1. The van der Waals surface area contributed by atoms with Crippen molar-refractivity contribution in [1.82, 2.24) is 21.3 Å². The van der Waals surface area contributed by atoms with E-state index >= 15 is 0 Å². The number of rotatable bonds is 14. The molecule has 1 rings (SSSR count). The number of nitrogens with one attached hydrogen (secondary N) is 4. The van der Waals surface area contributed by atoms with E-state index in [0.717, 1.165) is 12.5 Å². The predicted molar refractivity (Wildman–Crippen MR) is 209 cm³/mol. The van der Waals surface area contributed by atoms with Crippen LogP contribution in [0.2, 0.25) is 0 Å². The van der Waals surface area contributed by atoms with Crippen LogP contribution in [0, 0.1) is 26.1 Å². The van der Waals surface area contributed by atoms with Crippen LogP contribution >= 0.6 is 48.9 Å². The Kier molecular flexibility index (Phi) is 28.5. The van der Waals surface area contributed by atoms with Crippen molar-refractivity contribution in [3.63, 3.8) is 0 Å². The molecule has 0 saturated carbocycles. The van der Waals surface area contributed by atoms with Gasteiger partial charge in [0.25, 0.3) is 5.75 Å². The summed E-state index contributed by atoms with van der Waals surface area (Å²) >= 11 is 36.7. The molecule has 4 N–H and O–H groups in total. The monoisotopic (exact) mass is 839 g/mol. The Balaban J connectivity index is -0.000000759. The summed E-state index contributed by atoms with van der Waals surface area (Å²) in [6.45, 7) is 12.1. The zero-order valence-corrected chi connectivity index (χ0v) is 33.8. The van der Waals surface area contributed by atoms with Crippen molar-refractivity contribution >= 4 is 134 Å². The van der Waals surface area contributed by atoms with Gasteiger partial charge in [0.1, 0.15) is 0 Å². The van der Waals surface area contributed by atoms with Gasteiger partial charge in [0.2, 0.25) is 0 Å². The van der Waals surface area contributed by atoms with Crippen LogP contribution < -0.4 is 26.0 Å². The molecule has 0 aliphatic rings. The molecule has 0 bridgehead atoms. The zero-order valence-electron chi connectivity index (χ0n) is 26.1. The number of benzene rings is 1. The van der Waals surface area contributed by atoms with Crippen LogP contribution in [0.3, 0.4) is 0 Å². The fourth-order valence-electron chi connectivity index (χ4n) is 3.09.